The molecule has 0 aliphatic rings. The van der Waals surface area contributed by atoms with Gasteiger partial charge in [-0.2, -0.15) is 5.10 Å². The van der Waals surface area contributed by atoms with Gasteiger partial charge in [-0.3, -0.25) is 9.78 Å². The molecule has 1 amide bonds. The highest BCUT2D eigenvalue weighted by Gasteiger charge is 2.19. The summed E-state index contributed by atoms with van der Waals surface area (Å²) in [5.41, 5.74) is 3.11. The Morgan fingerprint density at radius 3 is 2.81 bits per heavy atom. The second-order valence-electron chi connectivity index (χ2n) is 6.21. The molecule has 0 radical (unpaired) electrons. The fourth-order valence-corrected chi connectivity index (χ4v) is 3.71. The molecule has 4 aromatic rings. The normalized spacial score (nSPS) is 12.2. The molecule has 0 aromatic carbocycles. The molecule has 27 heavy (non-hydrogen) atoms. The van der Waals surface area contributed by atoms with Crippen molar-refractivity contribution in [1.82, 2.24) is 25.1 Å². The van der Waals surface area contributed by atoms with E-state index in [9.17, 15) is 4.79 Å². The van der Waals surface area contributed by atoms with Gasteiger partial charge in [-0.25, -0.2) is 9.67 Å². The Hall–Kier alpha value is -3.06. The van der Waals surface area contributed by atoms with E-state index >= 15 is 0 Å². The molecule has 7 heteroatoms. The molecule has 0 aliphatic carbocycles. The summed E-state index contributed by atoms with van der Waals surface area (Å²) in [7, 11) is 0. The third kappa shape index (κ3) is 3.33. The predicted octanol–water partition coefficient (Wildman–Crippen LogP) is 4.07. The molecule has 4 aromatic heterocycles. The Bertz CT molecular complexity index is 1070. The first kappa shape index (κ1) is 17.4. The van der Waals surface area contributed by atoms with Gasteiger partial charge in [-0.15, -0.1) is 11.3 Å². The first-order valence-corrected chi connectivity index (χ1v) is 9.66. The van der Waals surface area contributed by atoms with E-state index in [1.807, 2.05) is 54.2 Å². The van der Waals surface area contributed by atoms with Gasteiger partial charge in [0.05, 0.1) is 33.8 Å². The molecule has 0 aliphatic heterocycles. The number of rotatable bonds is 5. The van der Waals surface area contributed by atoms with Crippen LogP contribution in [0.5, 0.6) is 0 Å². The van der Waals surface area contributed by atoms with Crippen molar-refractivity contribution in [3.05, 3.63) is 65.4 Å². The van der Waals surface area contributed by atoms with Gasteiger partial charge in [0.2, 0.25) is 0 Å². The monoisotopic (exact) mass is 377 g/mol. The van der Waals surface area contributed by atoms with Crippen molar-refractivity contribution in [3.63, 3.8) is 0 Å². The van der Waals surface area contributed by atoms with Crippen LogP contribution in [0.15, 0.2) is 54.3 Å². The first-order valence-electron chi connectivity index (χ1n) is 8.78. The van der Waals surface area contributed by atoms with E-state index in [1.165, 1.54) is 0 Å². The number of hydrogen-bond acceptors (Lipinski definition) is 5. The largest absolute Gasteiger partial charge is 0.345 e. The molecule has 136 valence electrons. The van der Waals surface area contributed by atoms with Crippen LogP contribution < -0.4 is 5.32 Å². The quantitative estimate of drug-likeness (QED) is 0.569. The van der Waals surface area contributed by atoms with Crippen molar-refractivity contribution in [1.29, 1.82) is 0 Å². The van der Waals surface area contributed by atoms with Crippen LogP contribution in [0.2, 0.25) is 0 Å². The number of nitrogens with one attached hydrogen (secondary N) is 1. The number of amides is 1. The lowest BCUT2D eigenvalue weighted by Gasteiger charge is -2.15. The standard InChI is InChI=1S/C20H19N5OS/c1-3-25-19-16(12-22-25)15(11-17(24-19)18-5-4-10-27-18)20(26)23-13(2)14-6-8-21-9-7-14/h4-13H,3H2,1-2H3,(H,23,26)/t13-/m0/s1. The van der Waals surface area contributed by atoms with Crippen LogP contribution in [0.1, 0.15) is 35.8 Å². The third-order valence-electron chi connectivity index (χ3n) is 4.48. The average molecular weight is 377 g/mol. The molecule has 1 atom stereocenters. The van der Waals surface area contributed by atoms with Crippen LogP contribution in [-0.4, -0.2) is 25.7 Å². The molecule has 0 bridgehead atoms. The molecule has 4 heterocycles. The summed E-state index contributed by atoms with van der Waals surface area (Å²) in [6.45, 7) is 4.66. The Balaban J connectivity index is 1.75. The smallest absolute Gasteiger partial charge is 0.252 e. The van der Waals surface area contributed by atoms with E-state index in [2.05, 4.69) is 15.4 Å². The number of nitrogens with zero attached hydrogens (tertiary/aromatic N) is 4. The molecular formula is C20H19N5OS. The van der Waals surface area contributed by atoms with E-state index in [-0.39, 0.29) is 11.9 Å². The highest BCUT2D eigenvalue weighted by atomic mass is 32.1. The molecular weight excluding hydrogens is 358 g/mol. The Labute approximate surface area is 160 Å². The summed E-state index contributed by atoms with van der Waals surface area (Å²) < 4.78 is 1.81. The predicted molar refractivity (Wildman–Crippen MR) is 107 cm³/mol. The van der Waals surface area contributed by atoms with Gasteiger partial charge in [-0.05, 0) is 49.1 Å². The lowest BCUT2D eigenvalue weighted by molar-refractivity contribution is 0.0941. The SMILES string of the molecule is CCn1ncc2c(C(=O)N[C@@H](C)c3ccncc3)cc(-c3cccs3)nc21. The van der Waals surface area contributed by atoms with E-state index in [4.69, 9.17) is 4.98 Å². The minimum absolute atomic E-state index is 0.130. The van der Waals surface area contributed by atoms with Crippen molar-refractivity contribution in [2.45, 2.75) is 26.4 Å². The van der Waals surface area contributed by atoms with Gasteiger partial charge in [0.1, 0.15) is 0 Å². The zero-order valence-corrected chi connectivity index (χ0v) is 15.9. The maximum atomic E-state index is 13.1. The average Bonchev–Trinajstić information content (AvgIpc) is 3.37. The fraction of sp³-hybridized carbons (Fsp3) is 0.200. The molecule has 0 saturated carbocycles. The number of fused-ring (bicyclic) bond motifs is 1. The van der Waals surface area contributed by atoms with Crippen molar-refractivity contribution < 1.29 is 4.79 Å². The summed E-state index contributed by atoms with van der Waals surface area (Å²) in [6.07, 6.45) is 5.17. The number of thiophene rings is 1. The second kappa shape index (κ2) is 7.28. The molecule has 0 unspecified atom stereocenters. The summed E-state index contributed by atoms with van der Waals surface area (Å²) in [5.74, 6) is -0.139. The van der Waals surface area contributed by atoms with Gasteiger partial charge in [0, 0.05) is 18.9 Å². The van der Waals surface area contributed by atoms with Crippen LogP contribution in [0.3, 0.4) is 0 Å². The zero-order valence-electron chi connectivity index (χ0n) is 15.1. The number of aromatic nitrogens is 4. The number of hydrogen-bond donors (Lipinski definition) is 1. The van der Waals surface area contributed by atoms with E-state index in [0.717, 1.165) is 27.2 Å². The zero-order chi connectivity index (χ0) is 18.8. The fourth-order valence-electron chi connectivity index (χ4n) is 3.03. The number of aryl methyl sites for hydroxylation is 1. The maximum absolute atomic E-state index is 13.1. The Morgan fingerprint density at radius 2 is 2.11 bits per heavy atom. The highest BCUT2D eigenvalue weighted by molar-refractivity contribution is 7.13. The van der Waals surface area contributed by atoms with Crippen LogP contribution in [0.4, 0.5) is 0 Å². The summed E-state index contributed by atoms with van der Waals surface area (Å²) >= 11 is 1.60. The van der Waals surface area contributed by atoms with Crippen LogP contribution in [-0.2, 0) is 6.54 Å². The van der Waals surface area contributed by atoms with Gasteiger partial charge in [0.15, 0.2) is 5.65 Å². The third-order valence-corrected chi connectivity index (χ3v) is 5.37. The molecule has 1 N–H and O–H groups in total. The summed E-state index contributed by atoms with van der Waals surface area (Å²) in [4.78, 5) is 22.9. The molecule has 4 rings (SSSR count). The van der Waals surface area contributed by atoms with Crippen molar-refractivity contribution in [2.24, 2.45) is 0 Å². The lowest BCUT2D eigenvalue weighted by atomic mass is 10.1. The van der Waals surface area contributed by atoms with Gasteiger partial charge in [0.25, 0.3) is 5.91 Å². The summed E-state index contributed by atoms with van der Waals surface area (Å²) in [6, 6.07) is 9.51. The van der Waals surface area contributed by atoms with Gasteiger partial charge in [-0.1, -0.05) is 6.07 Å². The van der Waals surface area contributed by atoms with Gasteiger partial charge >= 0.3 is 0 Å². The topological polar surface area (TPSA) is 72.7 Å². The molecule has 0 saturated heterocycles. The van der Waals surface area contributed by atoms with E-state index in [1.54, 1.807) is 29.9 Å². The minimum Gasteiger partial charge on any atom is -0.345 e. The number of pyridine rings is 2. The second-order valence-corrected chi connectivity index (χ2v) is 7.15. The Morgan fingerprint density at radius 1 is 1.30 bits per heavy atom. The minimum atomic E-state index is -0.139. The summed E-state index contributed by atoms with van der Waals surface area (Å²) in [5, 5.41) is 10.2. The first-order chi connectivity index (χ1) is 13.2. The Kier molecular flexibility index (Phi) is 4.68. The number of carbonyl (C=O) groups is 1. The van der Waals surface area contributed by atoms with Crippen molar-refractivity contribution in [3.8, 4) is 10.6 Å². The van der Waals surface area contributed by atoms with Crippen LogP contribution >= 0.6 is 11.3 Å². The number of carbonyl (C=O) groups excluding carboxylic acids is 1. The van der Waals surface area contributed by atoms with E-state index < -0.39 is 0 Å². The molecule has 0 fully saturated rings. The van der Waals surface area contributed by atoms with Crippen LogP contribution in [0, 0.1) is 0 Å². The van der Waals surface area contributed by atoms with E-state index in [0.29, 0.717) is 12.1 Å². The van der Waals surface area contributed by atoms with Gasteiger partial charge < -0.3 is 5.32 Å². The van der Waals surface area contributed by atoms with Crippen molar-refractivity contribution >= 4 is 28.3 Å². The lowest BCUT2D eigenvalue weighted by Crippen LogP contribution is -2.27. The van der Waals surface area contributed by atoms with Crippen LogP contribution in [0.25, 0.3) is 21.6 Å². The maximum Gasteiger partial charge on any atom is 0.252 e. The van der Waals surface area contributed by atoms with Crippen molar-refractivity contribution in [2.75, 3.05) is 0 Å². The molecule has 6 nitrogen and oxygen atoms in total. The highest BCUT2D eigenvalue weighted by Crippen LogP contribution is 2.28. The molecule has 0 spiro atoms.